The third-order valence-corrected chi connectivity index (χ3v) is 7.59. The summed E-state index contributed by atoms with van der Waals surface area (Å²) < 4.78 is 33.6. The molecule has 4 N–H and O–H groups in total. The largest absolute Gasteiger partial charge is 0.438 e. The van der Waals surface area contributed by atoms with Crippen LogP contribution in [-0.2, 0) is 28.1 Å². The topological polar surface area (TPSA) is 185 Å². The number of hydrogen-bond acceptors (Lipinski definition) is 11. The molecule has 1 aliphatic carbocycles. The fourth-order valence-corrected chi connectivity index (χ4v) is 5.33. The van der Waals surface area contributed by atoms with Crippen LogP contribution in [0.25, 0.3) is 11.0 Å². The Labute approximate surface area is 217 Å². The lowest BCUT2D eigenvalue weighted by atomic mass is 10.1. The van der Waals surface area contributed by atoms with Gasteiger partial charge in [0, 0.05) is 24.5 Å². The molecule has 3 heterocycles. The van der Waals surface area contributed by atoms with E-state index < -0.39 is 51.2 Å². The first kappa shape index (κ1) is 27.8. The molecule has 5 atom stereocenters. The summed E-state index contributed by atoms with van der Waals surface area (Å²) in [6.07, 6.45) is 0.115. The van der Waals surface area contributed by atoms with Crippen LogP contribution in [0.3, 0.4) is 0 Å². The number of carbonyl (C=O) groups excluding carboxylic acids is 1. The molecule has 1 aliphatic heterocycles. The highest BCUT2D eigenvalue weighted by atomic mass is 35.5. The predicted octanol–water partition coefficient (Wildman–Crippen LogP) is 2.23. The van der Waals surface area contributed by atoms with Crippen LogP contribution in [0.2, 0.25) is 5.15 Å². The molecule has 2 aromatic heterocycles. The van der Waals surface area contributed by atoms with E-state index in [0.29, 0.717) is 16.7 Å². The molecule has 0 radical (unpaired) electrons. The van der Waals surface area contributed by atoms with Gasteiger partial charge in [0.2, 0.25) is 6.79 Å². The maximum absolute atomic E-state index is 12.0. The summed E-state index contributed by atoms with van der Waals surface area (Å²) in [5, 5.41) is 34.9. The number of halogens is 1. The quantitative estimate of drug-likeness (QED) is 0.144. The van der Waals surface area contributed by atoms with E-state index >= 15 is 0 Å². The molecule has 1 saturated heterocycles. The zero-order valence-electron chi connectivity index (χ0n) is 19.9. The number of aliphatic hydroxyl groups is 2. The highest BCUT2D eigenvalue weighted by molar-refractivity contribution is 7.52. The number of anilines is 1. The Bertz CT molecular complexity index is 1230. The second-order valence-electron chi connectivity index (χ2n) is 8.92. The van der Waals surface area contributed by atoms with E-state index in [9.17, 15) is 29.7 Å². The third kappa shape index (κ3) is 6.25. The van der Waals surface area contributed by atoms with Gasteiger partial charge in [0.05, 0.1) is 12.3 Å². The molecule has 1 saturated carbocycles. The zero-order valence-corrected chi connectivity index (χ0v) is 21.6. The van der Waals surface area contributed by atoms with Gasteiger partial charge in [0.1, 0.15) is 41.9 Å². The maximum Gasteiger partial charge on any atom is 0.356 e. The van der Waals surface area contributed by atoms with Crippen LogP contribution in [0.1, 0.15) is 44.4 Å². The summed E-state index contributed by atoms with van der Waals surface area (Å²) in [4.78, 5) is 24.8. The highest BCUT2D eigenvalue weighted by Gasteiger charge is 2.44. The summed E-state index contributed by atoms with van der Waals surface area (Å²) in [7, 11) is -4.23. The molecule has 0 aromatic carbocycles. The number of nitriles is 1. The number of aliphatic hydroxyl groups excluding tert-OH is 2. The number of fused-ring (bicyclic) bond motifs is 1. The standard InChI is InChI=1S/C22H28ClN4O9P/c1-12(28)34-10-35-37(31,32)11-33-9-16-18(29)19(30)22(36-16)27-7-6-14-17(25-13-4-2-3-5-13)15(8-24)20(23)26-21(14)27/h6-7,13,16,18-19,22,29-30H,2-5,9-11H2,1H3,(H,25,26)(H,31,32)/t16-,18-,19-,22-/m1/s1. The molecule has 0 spiro atoms. The fraction of sp³-hybridized carbons (Fsp3) is 0.591. The normalized spacial score (nSPS) is 25.7. The second-order valence-corrected chi connectivity index (χ2v) is 11.1. The Morgan fingerprint density at radius 3 is 2.78 bits per heavy atom. The molecule has 2 fully saturated rings. The van der Waals surface area contributed by atoms with Crippen LogP contribution in [0.5, 0.6) is 0 Å². The van der Waals surface area contributed by atoms with Crippen molar-refractivity contribution in [3.63, 3.8) is 0 Å². The Kier molecular flexibility index (Phi) is 8.73. The van der Waals surface area contributed by atoms with E-state index in [-0.39, 0.29) is 23.4 Å². The Morgan fingerprint density at radius 1 is 1.38 bits per heavy atom. The van der Waals surface area contributed by atoms with Gasteiger partial charge >= 0.3 is 13.6 Å². The lowest BCUT2D eigenvalue weighted by molar-refractivity contribution is -0.147. The lowest BCUT2D eigenvalue weighted by Crippen LogP contribution is -2.34. The number of pyridine rings is 1. The van der Waals surface area contributed by atoms with Crippen molar-refractivity contribution in [3.8, 4) is 6.07 Å². The molecule has 2 aliphatic rings. The number of nitrogens with zero attached hydrogens (tertiary/aromatic N) is 3. The first-order chi connectivity index (χ1) is 17.6. The molecule has 202 valence electrons. The van der Waals surface area contributed by atoms with Crippen molar-refractivity contribution in [1.82, 2.24) is 9.55 Å². The van der Waals surface area contributed by atoms with E-state index in [4.69, 9.17) is 21.1 Å². The number of rotatable bonds is 10. The number of ether oxygens (including phenoxy) is 3. The number of carbonyl (C=O) groups is 1. The highest BCUT2D eigenvalue weighted by Crippen LogP contribution is 2.42. The van der Waals surface area contributed by atoms with Gasteiger partial charge in [-0.3, -0.25) is 13.9 Å². The van der Waals surface area contributed by atoms with Gasteiger partial charge in [-0.2, -0.15) is 5.26 Å². The second kappa shape index (κ2) is 11.6. The Balaban J connectivity index is 1.48. The lowest BCUT2D eigenvalue weighted by Gasteiger charge is -2.19. The van der Waals surface area contributed by atoms with Gasteiger partial charge in [-0.1, -0.05) is 24.4 Å². The average Bonchev–Trinajstić information content (AvgIpc) is 3.55. The summed E-state index contributed by atoms with van der Waals surface area (Å²) in [5.74, 6) is -0.679. The van der Waals surface area contributed by atoms with Gasteiger partial charge in [-0.25, -0.2) is 4.98 Å². The van der Waals surface area contributed by atoms with Crippen molar-refractivity contribution in [3.05, 3.63) is 23.0 Å². The predicted molar refractivity (Wildman–Crippen MR) is 130 cm³/mol. The molecule has 0 amide bonds. The molecule has 1 unspecified atom stereocenters. The number of nitrogens with one attached hydrogen (secondary N) is 1. The van der Waals surface area contributed by atoms with Gasteiger partial charge in [-0.05, 0) is 18.9 Å². The SMILES string of the molecule is CC(=O)OCOP(=O)(O)COC[C@H]1O[C@@H](n2ccc3c(NC4CCCC4)c(C#N)c(Cl)nc32)[C@H](O)[C@@H]1O. The van der Waals surface area contributed by atoms with Crippen LogP contribution in [0.4, 0.5) is 5.69 Å². The zero-order chi connectivity index (χ0) is 26.7. The molecule has 13 nitrogen and oxygen atoms in total. The molecule has 0 bridgehead atoms. The van der Waals surface area contributed by atoms with Crippen LogP contribution < -0.4 is 5.32 Å². The van der Waals surface area contributed by atoms with Crippen molar-refractivity contribution in [2.24, 2.45) is 0 Å². The van der Waals surface area contributed by atoms with E-state index in [0.717, 1.165) is 32.6 Å². The van der Waals surface area contributed by atoms with E-state index in [1.807, 2.05) is 0 Å². The number of hydrogen-bond donors (Lipinski definition) is 4. The number of esters is 1. The van der Waals surface area contributed by atoms with Crippen LogP contribution in [0.15, 0.2) is 12.3 Å². The average molecular weight is 559 g/mol. The molecule has 15 heteroatoms. The number of aromatic nitrogens is 2. The first-order valence-electron chi connectivity index (χ1n) is 11.7. The minimum absolute atomic E-state index is 0.00387. The maximum atomic E-state index is 12.0. The Morgan fingerprint density at radius 2 is 2.11 bits per heavy atom. The summed E-state index contributed by atoms with van der Waals surface area (Å²) in [6, 6.07) is 4.03. The van der Waals surface area contributed by atoms with Crippen molar-refractivity contribution in [1.29, 1.82) is 5.26 Å². The monoisotopic (exact) mass is 558 g/mol. The molecular formula is C22H28ClN4O9P. The van der Waals surface area contributed by atoms with Crippen molar-refractivity contribution in [2.45, 2.75) is 63.2 Å². The van der Waals surface area contributed by atoms with E-state index in [1.165, 1.54) is 4.57 Å². The first-order valence-corrected chi connectivity index (χ1v) is 13.8. The van der Waals surface area contributed by atoms with Gasteiger partial charge in [0.25, 0.3) is 0 Å². The van der Waals surface area contributed by atoms with E-state index in [1.54, 1.807) is 12.3 Å². The summed E-state index contributed by atoms with van der Waals surface area (Å²) in [5.41, 5.74) is 1.13. The minimum atomic E-state index is -4.23. The van der Waals surface area contributed by atoms with Gasteiger partial charge in [0.15, 0.2) is 11.4 Å². The van der Waals surface area contributed by atoms with E-state index in [2.05, 4.69) is 25.6 Å². The molecular weight excluding hydrogens is 531 g/mol. The third-order valence-electron chi connectivity index (χ3n) is 6.30. The molecule has 4 rings (SSSR count). The van der Waals surface area contributed by atoms with Gasteiger partial charge in [-0.15, -0.1) is 0 Å². The Hall–Kier alpha value is -2.27. The summed E-state index contributed by atoms with van der Waals surface area (Å²) in [6.45, 7) is 0.0728. The van der Waals surface area contributed by atoms with Crippen LogP contribution in [0, 0.1) is 11.3 Å². The van der Waals surface area contributed by atoms with Crippen LogP contribution in [-0.4, -0.2) is 74.7 Å². The van der Waals surface area contributed by atoms with Crippen LogP contribution >= 0.6 is 19.2 Å². The van der Waals surface area contributed by atoms with Crippen molar-refractivity contribution < 1.29 is 43.2 Å². The minimum Gasteiger partial charge on any atom is -0.438 e. The van der Waals surface area contributed by atoms with Crippen molar-refractivity contribution >= 4 is 41.9 Å². The molecule has 37 heavy (non-hydrogen) atoms. The summed E-state index contributed by atoms with van der Waals surface area (Å²) >= 11 is 6.34. The molecule has 2 aromatic rings. The fourth-order valence-electron chi connectivity index (χ4n) is 4.48. The van der Waals surface area contributed by atoms with Crippen molar-refractivity contribution in [2.75, 3.05) is 25.1 Å². The van der Waals surface area contributed by atoms with Gasteiger partial charge < -0.3 is 39.2 Å². The smallest absolute Gasteiger partial charge is 0.356 e.